The molecule has 0 aliphatic heterocycles. The van der Waals surface area contributed by atoms with Gasteiger partial charge in [0.25, 0.3) is 0 Å². The van der Waals surface area contributed by atoms with E-state index < -0.39 is 9.84 Å². The number of rotatable bonds is 4. The van der Waals surface area contributed by atoms with Gasteiger partial charge in [-0.15, -0.1) is 0 Å². The van der Waals surface area contributed by atoms with Gasteiger partial charge in [0.05, 0.1) is 4.90 Å². The van der Waals surface area contributed by atoms with Crippen molar-refractivity contribution in [2.75, 3.05) is 12.8 Å². The molecule has 0 amide bonds. The molecular weight excluding hydrogens is 210 g/mol. The van der Waals surface area contributed by atoms with E-state index in [9.17, 15) is 8.42 Å². The highest BCUT2D eigenvalue weighted by molar-refractivity contribution is 7.90. The van der Waals surface area contributed by atoms with E-state index in [0.717, 1.165) is 5.57 Å². The third kappa shape index (κ3) is 2.91. The molecule has 0 saturated heterocycles. The highest BCUT2D eigenvalue weighted by Gasteiger charge is 2.13. The molecule has 0 aliphatic carbocycles. The standard InChI is InChI=1S/C11H15NO2S/c1-9(7-8-12)10-5-3-4-6-11(10)15(2,13)14/h3-6H,1,7-8,12H2,2H3. The normalized spacial score (nSPS) is 11.3. The molecule has 0 fully saturated rings. The second-order valence-electron chi connectivity index (χ2n) is 3.41. The molecule has 0 unspecified atom stereocenters. The van der Waals surface area contributed by atoms with Crippen molar-refractivity contribution in [2.45, 2.75) is 11.3 Å². The van der Waals surface area contributed by atoms with Gasteiger partial charge in [-0.25, -0.2) is 8.42 Å². The fourth-order valence-corrected chi connectivity index (χ4v) is 2.33. The second-order valence-corrected chi connectivity index (χ2v) is 5.39. The molecule has 3 nitrogen and oxygen atoms in total. The van der Waals surface area contributed by atoms with Crippen LogP contribution in [0.2, 0.25) is 0 Å². The van der Waals surface area contributed by atoms with Gasteiger partial charge in [0.1, 0.15) is 0 Å². The number of hydrogen-bond acceptors (Lipinski definition) is 3. The molecule has 0 radical (unpaired) electrons. The van der Waals surface area contributed by atoms with Crippen LogP contribution in [0.5, 0.6) is 0 Å². The highest BCUT2D eigenvalue weighted by atomic mass is 32.2. The summed E-state index contributed by atoms with van der Waals surface area (Å²) in [6.45, 7) is 4.31. The van der Waals surface area contributed by atoms with Gasteiger partial charge in [-0.3, -0.25) is 0 Å². The lowest BCUT2D eigenvalue weighted by Gasteiger charge is -2.09. The van der Waals surface area contributed by atoms with Gasteiger partial charge < -0.3 is 5.73 Å². The first-order chi connectivity index (χ1) is 6.96. The second kappa shape index (κ2) is 4.59. The van der Waals surface area contributed by atoms with Crippen LogP contribution in [0, 0.1) is 0 Å². The van der Waals surface area contributed by atoms with E-state index in [1.54, 1.807) is 24.3 Å². The fraction of sp³-hybridized carbons (Fsp3) is 0.273. The van der Waals surface area contributed by atoms with Crippen molar-refractivity contribution in [3.63, 3.8) is 0 Å². The molecule has 1 aromatic carbocycles. The summed E-state index contributed by atoms with van der Waals surface area (Å²) in [7, 11) is -3.20. The lowest BCUT2D eigenvalue weighted by molar-refractivity contribution is 0.601. The zero-order chi connectivity index (χ0) is 11.5. The molecule has 0 spiro atoms. The Morgan fingerprint density at radius 2 is 2.00 bits per heavy atom. The monoisotopic (exact) mass is 225 g/mol. The summed E-state index contributed by atoms with van der Waals surface area (Å²) in [5.41, 5.74) is 6.85. The molecule has 0 aliphatic rings. The summed E-state index contributed by atoms with van der Waals surface area (Å²) in [5.74, 6) is 0. The molecule has 1 rings (SSSR count). The predicted molar refractivity (Wildman–Crippen MR) is 62.3 cm³/mol. The Labute approximate surface area is 90.5 Å². The van der Waals surface area contributed by atoms with Gasteiger partial charge in [0.15, 0.2) is 9.84 Å². The Hall–Kier alpha value is -1.13. The van der Waals surface area contributed by atoms with Crippen LogP contribution in [0.3, 0.4) is 0 Å². The van der Waals surface area contributed by atoms with E-state index in [-0.39, 0.29) is 0 Å². The van der Waals surface area contributed by atoms with Crippen LogP contribution in [0.25, 0.3) is 5.57 Å². The Kier molecular flexibility index (Phi) is 3.66. The van der Waals surface area contributed by atoms with E-state index in [0.29, 0.717) is 23.4 Å². The van der Waals surface area contributed by atoms with Crippen LogP contribution in [0.15, 0.2) is 35.7 Å². The van der Waals surface area contributed by atoms with E-state index in [4.69, 9.17) is 5.73 Å². The SMILES string of the molecule is C=C(CCN)c1ccccc1S(C)(=O)=O. The van der Waals surface area contributed by atoms with E-state index in [1.165, 1.54) is 6.26 Å². The summed E-state index contributed by atoms with van der Waals surface area (Å²) in [5, 5.41) is 0. The quantitative estimate of drug-likeness (QED) is 0.843. The van der Waals surface area contributed by atoms with Crippen LogP contribution >= 0.6 is 0 Å². The summed E-state index contributed by atoms with van der Waals surface area (Å²) in [4.78, 5) is 0.323. The molecule has 0 heterocycles. The Bertz CT molecular complexity index is 463. The van der Waals surface area contributed by atoms with Crippen LogP contribution in [-0.4, -0.2) is 21.2 Å². The van der Waals surface area contributed by atoms with Crippen molar-refractivity contribution in [1.29, 1.82) is 0 Å². The average Bonchev–Trinajstić information content (AvgIpc) is 2.17. The van der Waals surface area contributed by atoms with Gasteiger partial charge >= 0.3 is 0 Å². The Balaban J connectivity index is 3.25. The first kappa shape index (κ1) is 11.9. The molecule has 0 saturated carbocycles. The van der Waals surface area contributed by atoms with E-state index in [2.05, 4.69) is 6.58 Å². The van der Waals surface area contributed by atoms with Crippen molar-refractivity contribution in [1.82, 2.24) is 0 Å². The molecule has 2 N–H and O–H groups in total. The van der Waals surface area contributed by atoms with Gasteiger partial charge in [-0.2, -0.15) is 0 Å². The highest BCUT2D eigenvalue weighted by Crippen LogP contribution is 2.23. The minimum absolute atomic E-state index is 0.323. The molecule has 82 valence electrons. The topological polar surface area (TPSA) is 60.2 Å². The van der Waals surface area contributed by atoms with Gasteiger partial charge in [0.2, 0.25) is 0 Å². The van der Waals surface area contributed by atoms with Crippen LogP contribution < -0.4 is 5.73 Å². The zero-order valence-corrected chi connectivity index (χ0v) is 9.55. The van der Waals surface area contributed by atoms with Crippen molar-refractivity contribution < 1.29 is 8.42 Å². The number of hydrogen-bond donors (Lipinski definition) is 1. The van der Waals surface area contributed by atoms with Gasteiger partial charge in [-0.05, 0) is 30.2 Å². The predicted octanol–water partition coefficient (Wildman–Crippen LogP) is 1.45. The Morgan fingerprint density at radius 1 is 1.40 bits per heavy atom. The van der Waals surface area contributed by atoms with Crippen molar-refractivity contribution >= 4 is 15.4 Å². The lowest BCUT2D eigenvalue weighted by atomic mass is 10.1. The minimum Gasteiger partial charge on any atom is -0.330 e. The van der Waals surface area contributed by atoms with Gasteiger partial charge in [-0.1, -0.05) is 24.8 Å². The molecule has 0 aromatic heterocycles. The molecule has 15 heavy (non-hydrogen) atoms. The Morgan fingerprint density at radius 3 is 2.53 bits per heavy atom. The largest absolute Gasteiger partial charge is 0.330 e. The van der Waals surface area contributed by atoms with E-state index in [1.807, 2.05) is 0 Å². The summed E-state index contributed by atoms with van der Waals surface area (Å²) < 4.78 is 23.0. The third-order valence-corrected chi connectivity index (χ3v) is 3.27. The van der Waals surface area contributed by atoms with E-state index >= 15 is 0 Å². The van der Waals surface area contributed by atoms with Crippen LogP contribution in [0.1, 0.15) is 12.0 Å². The first-order valence-corrected chi connectivity index (χ1v) is 6.53. The smallest absolute Gasteiger partial charge is 0.176 e. The molecule has 4 heteroatoms. The van der Waals surface area contributed by atoms with Crippen molar-refractivity contribution in [2.24, 2.45) is 5.73 Å². The summed E-state index contributed by atoms with van der Waals surface area (Å²) in [6, 6.07) is 6.85. The van der Waals surface area contributed by atoms with Crippen molar-refractivity contribution in [3.8, 4) is 0 Å². The van der Waals surface area contributed by atoms with Gasteiger partial charge in [0, 0.05) is 6.26 Å². The molecule has 0 bridgehead atoms. The molecular formula is C11H15NO2S. The fourth-order valence-electron chi connectivity index (χ4n) is 1.39. The van der Waals surface area contributed by atoms with Crippen LogP contribution in [0.4, 0.5) is 0 Å². The maximum Gasteiger partial charge on any atom is 0.176 e. The summed E-state index contributed by atoms with van der Waals surface area (Å²) >= 11 is 0. The maximum atomic E-state index is 11.5. The minimum atomic E-state index is -3.20. The van der Waals surface area contributed by atoms with Crippen molar-refractivity contribution in [3.05, 3.63) is 36.4 Å². The average molecular weight is 225 g/mol. The number of sulfone groups is 1. The molecule has 1 aromatic rings. The molecule has 0 atom stereocenters. The third-order valence-electron chi connectivity index (χ3n) is 2.11. The maximum absolute atomic E-state index is 11.5. The number of nitrogens with two attached hydrogens (primary N) is 1. The first-order valence-electron chi connectivity index (χ1n) is 4.64. The lowest BCUT2D eigenvalue weighted by Crippen LogP contribution is -2.04. The van der Waals surface area contributed by atoms with Crippen LogP contribution in [-0.2, 0) is 9.84 Å². The summed E-state index contributed by atoms with van der Waals surface area (Å²) in [6.07, 6.45) is 1.80. The zero-order valence-electron chi connectivity index (χ0n) is 8.73. The number of benzene rings is 1.